The minimum absolute atomic E-state index is 0.0380. The van der Waals surface area contributed by atoms with Crippen molar-refractivity contribution < 1.29 is 14.7 Å². The molecule has 0 bridgehead atoms. The summed E-state index contributed by atoms with van der Waals surface area (Å²) in [6.07, 6.45) is 2.51. The SMILES string of the molecule is Cc1cccc(Cn2nc(NC(=O)Cn3cc(C(=O)O)cn3)cc2C)c1. The van der Waals surface area contributed by atoms with Crippen molar-refractivity contribution in [2.24, 2.45) is 0 Å². The molecule has 8 heteroatoms. The average Bonchev–Trinajstić information content (AvgIpc) is 3.15. The lowest BCUT2D eigenvalue weighted by atomic mass is 10.1. The van der Waals surface area contributed by atoms with Gasteiger partial charge in [-0.2, -0.15) is 10.2 Å². The largest absolute Gasteiger partial charge is 0.478 e. The number of carbonyl (C=O) groups is 2. The predicted octanol–water partition coefficient (Wildman–Crippen LogP) is 2.08. The van der Waals surface area contributed by atoms with Crippen LogP contribution >= 0.6 is 0 Å². The van der Waals surface area contributed by atoms with Crippen LogP contribution in [0.2, 0.25) is 0 Å². The van der Waals surface area contributed by atoms with Gasteiger partial charge < -0.3 is 10.4 Å². The summed E-state index contributed by atoms with van der Waals surface area (Å²) in [5.41, 5.74) is 3.28. The number of rotatable bonds is 6. The van der Waals surface area contributed by atoms with Crippen LogP contribution in [0.5, 0.6) is 0 Å². The maximum Gasteiger partial charge on any atom is 0.338 e. The van der Waals surface area contributed by atoms with Crippen molar-refractivity contribution in [3.8, 4) is 0 Å². The number of benzene rings is 1. The van der Waals surface area contributed by atoms with E-state index in [0.29, 0.717) is 12.4 Å². The number of hydrogen-bond donors (Lipinski definition) is 2. The first kappa shape index (κ1) is 17.4. The third-order valence-corrected chi connectivity index (χ3v) is 3.85. The molecule has 0 fully saturated rings. The minimum atomic E-state index is -1.08. The van der Waals surface area contributed by atoms with Gasteiger partial charge in [-0.25, -0.2) is 4.79 Å². The Morgan fingerprint density at radius 3 is 2.73 bits per heavy atom. The van der Waals surface area contributed by atoms with Gasteiger partial charge >= 0.3 is 5.97 Å². The molecule has 0 saturated carbocycles. The van der Waals surface area contributed by atoms with E-state index in [1.165, 1.54) is 22.6 Å². The van der Waals surface area contributed by atoms with Gasteiger partial charge in [-0.15, -0.1) is 0 Å². The van der Waals surface area contributed by atoms with Crippen LogP contribution < -0.4 is 5.32 Å². The smallest absolute Gasteiger partial charge is 0.338 e. The molecular formula is C18H19N5O3. The van der Waals surface area contributed by atoms with Gasteiger partial charge in [0, 0.05) is 18.0 Å². The van der Waals surface area contributed by atoms with Crippen molar-refractivity contribution in [2.45, 2.75) is 26.9 Å². The molecule has 0 aliphatic rings. The fourth-order valence-electron chi connectivity index (χ4n) is 2.60. The Morgan fingerprint density at radius 1 is 1.23 bits per heavy atom. The van der Waals surface area contributed by atoms with Crippen LogP contribution in [-0.4, -0.2) is 36.5 Å². The highest BCUT2D eigenvalue weighted by molar-refractivity contribution is 5.90. The molecule has 0 atom stereocenters. The highest BCUT2D eigenvalue weighted by Gasteiger charge is 2.11. The molecule has 0 aliphatic heterocycles. The molecule has 0 unspecified atom stereocenters. The molecule has 2 aromatic heterocycles. The molecule has 1 amide bonds. The number of carbonyl (C=O) groups excluding carboxylic acids is 1. The molecule has 0 saturated heterocycles. The summed E-state index contributed by atoms with van der Waals surface area (Å²) >= 11 is 0. The summed E-state index contributed by atoms with van der Waals surface area (Å²) < 4.78 is 3.09. The lowest BCUT2D eigenvalue weighted by Gasteiger charge is -2.05. The number of nitrogens with one attached hydrogen (secondary N) is 1. The summed E-state index contributed by atoms with van der Waals surface area (Å²) in [6.45, 7) is 4.49. The number of amides is 1. The van der Waals surface area contributed by atoms with E-state index in [1.807, 2.05) is 36.7 Å². The maximum absolute atomic E-state index is 12.1. The zero-order valence-corrected chi connectivity index (χ0v) is 14.5. The van der Waals surface area contributed by atoms with Gasteiger partial charge in [-0.3, -0.25) is 14.2 Å². The van der Waals surface area contributed by atoms with Crippen molar-refractivity contribution in [2.75, 3.05) is 5.32 Å². The second-order valence-electron chi connectivity index (χ2n) is 6.10. The number of carboxylic acid groups (broad SMARTS) is 1. The van der Waals surface area contributed by atoms with Crippen LogP contribution in [0.25, 0.3) is 0 Å². The molecule has 134 valence electrons. The Kier molecular flexibility index (Phi) is 4.83. The Bertz CT molecular complexity index is 957. The molecule has 26 heavy (non-hydrogen) atoms. The molecule has 8 nitrogen and oxygen atoms in total. The zero-order valence-electron chi connectivity index (χ0n) is 14.5. The molecule has 1 aromatic carbocycles. The third kappa shape index (κ3) is 4.15. The Morgan fingerprint density at radius 2 is 2.04 bits per heavy atom. The first-order chi connectivity index (χ1) is 12.4. The fraction of sp³-hybridized carbons (Fsp3) is 0.222. The number of anilines is 1. The van der Waals surface area contributed by atoms with Gasteiger partial charge in [0.15, 0.2) is 5.82 Å². The normalized spacial score (nSPS) is 10.7. The molecule has 0 aliphatic carbocycles. The molecule has 2 heterocycles. The zero-order chi connectivity index (χ0) is 18.7. The summed E-state index contributed by atoms with van der Waals surface area (Å²) in [5.74, 6) is -0.960. The summed E-state index contributed by atoms with van der Waals surface area (Å²) in [5, 5.41) is 19.8. The van der Waals surface area contributed by atoms with Crippen LogP contribution in [0.1, 0.15) is 27.2 Å². The van der Waals surface area contributed by atoms with Crippen LogP contribution in [0.4, 0.5) is 5.82 Å². The van der Waals surface area contributed by atoms with E-state index in [1.54, 1.807) is 6.07 Å². The highest BCUT2D eigenvalue weighted by Crippen LogP contribution is 2.12. The van der Waals surface area contributed by atoms with E-state index >= 15 is 0 Å². The second-order valence-corrected chi connectivity index (χ2v) is 6.10. The van der Waals surface area contributed by atoms with Crippen molar-refractivity contribution in [3.63, 3.8) is 0 Å². The van der Waals surface area contributed by atoms with Crippen molar-refractivity contribution >= 4 is 17.7 Å². The second kappa shape index (κ2) is 7.22. The van der Waals surface area contributed by atoms with E-state index in [4.69, 9.17) is 5.11 Å². The molecule has 3 rings (SSSR count). The van der Waals surface area contributed by atoms with Gasteiger partial charge in [-0.1, -0.05) is 29.8 Å². The van der Waals surface area contributed by atoms with E-state index in [2.05, 4.69) is 21.6 Å². The summed E-state index contributed by atoms with van der Waals surface area (Å²) in [7, 11) is 0. The van der Waals surface area contributed by atoms with Gasteiger partial charge in [0.2, 0.25) is 5.91 Å². The predicted molar refractivity (Wildman–Crippen MR) is 95.1 cm³/mol. The van der Waals surface area contributed by atoms with Crippen LogP contribution in [0, 0.1) is 13.8 Å². The topological polar surface area (TPSA) is 102 Å². The lowest BCUT2D eigenvalue weighted by molar-refractivity contribution is -0.116. The minimum Gasteiger partial charge on any atom is -0.478 e. The first-order valence-corrected chi connectivity index (χ1v) is 8.06. The van der Waals surface area contributed by atoms with Gasteiger partial charge in [-0.05, 0) is 19.4 Å². The van der Waals surface area contributed by atoms with Crippen LogP contribution in [0.15, 0.2) is 42.7 Å². The molecule has 3 aromatic rings. The number of aromatic carboxylic acids is 1. The number of aromatic nitrogens is 4. The number of carboxylic acids is 1. The van der Waals surface area contributed by atoms with E-state index in [-0.39, 0.29) is 18.0 Å². The summed E-state index contributed by atoms with van der Waals surface area (Å²) in [6, 6.07) is 9.96. The van der Waals surface area contributed by atoms with Gasteiger partial charge in [0.25, 0.3) is 0 Å². The number of hydrogen-bond acceptors (Lipinski definition) is 4. The monoisotopic (exact) mass is 353 g/mol. The molecule has 0 spiro atoms. The molecular weight excluding hydrogens is 334 g/mol. The van der Waals surface area contributed by atoms with Crippen LogP contribution in [0.3, 0.4) is 0 Å². The molecule has 0 radical (unpaired) electrons. The Balaban J connectivity index is 1.64. The summed E-state index contributed by atoms with van der Waals surface area (Å²) in [4.78, 5) is 23.0. The Hall–Kier alpha value is -3.42. The van der Waals surface area contributed by atoms with Crippen molar-refractivity contribution in [3.05, 3.63) is 65.1 Å². The molecule has 2 N–H and O–H groups in total. The number of nitrogens with zero attached hydrogens (tertiary/aromatic N) is 4. The standard InChI is InChI=1S/C18H19N5O3/c1-12-4-3-5-14(6-12)9-23-13(2)7-16(21-23)20-17(24)11-22-10-15(8-19-22)18(25)26/h3-8,10H,9,11H2,1-2H3,(H,25,26)(H,20,21,24). The van der Waals surface area contributed by atoms with Crippen molar-refractivity contribution in [1.29, 1.82) is 0 Å². The van der Waals surface area contributed by atoms with Crippen molar-refractivity contribution in [1.82, 2.24) is 19.6 Å². The highest BCUT2D eigenvalue weighted by atomic mass is 16.4. The fourth-order valence-corrected chi connectivity index (χ4v) is 2.60. The third-order valence-electron chi connectivity index (χ3n) is 3.85. The van der Waals surface area contributed by atoms with E-state index in [9.17, 15) is 9.59 Å². The quantitative estimate of drug-likeness (QED) is 0.706. The first-order valence-electron chi connectivity index (χ1n) is 8.06. The van der Waals surface area contributed by atoms with Gasteiger partial charge in [0.1, 0.15) is 6.54 Å². The lowest BCUT2D eigenvalue weighted by Crippen LogP contribution is -2.19. The van der Waals surface area contributed by atoms with E-state index in [0.717, 1.165) is 11.3 Å². The maximum atomic E-state index is 12.1. The number of aryl methyl sites for hydroxylation is 2. The van der Waals surface area contributed by atoms with Gasteiger partial charge in [0.05, 0.1) is 18.3 Å². The Labute approximate surface area is 150 Å². The average molecular weight is 353 g/mol. The van der Waals surface area contributed by atoms with Crippen LogP contribution in [-0.2, 0) is 17.9 Å². The van der Waals surface area contributed by atoms with E-state index < -0.39 is 5.97 Å².